The van der Waals surface area contributed by atoms with Crippen LogP contribution >= 0.6 is 0 Å². The summed E-state index contributed by atoms with van der Waals surface area (Å²) < 4.78 is 0. The van der Waals surface area contributed by atoms with E-state index in [0.29, 0.717) is 6.42 Å². The zero-order valence-corrected chi connectivity index (χ0v) is 11.8. The molecule has 1 unspecified atom stereocenters. The van der Waals surface area contributed by atoms with Gasteiger partial charge in [-0.1, -0.05) is 37.1 Å². The first kappa shape index (κ1) is 14.7. The summed E-state index contributed by atoms with van der Waals surface area (Å²) in [6.45, 7) is 0.793. The van der Waals surface area contributed by atoms with Crippen LogP contribution in [0.15, 0.2) is 29.4 Å². The van der Waals surface area contributed by atoms with Crippen molar-refractivity contribution in [1.29, 1.82) is 0 Å². The highest BCUT2D eigenvalue weighted by Gasteiger charge is 2.21. The van der Waals surface area contributed by atoms with E-state index < -0.39 is 0 Å². The first-order chi connectivity index (χ1) is 9.81. The lowest BCUT2D eigenvalue weighted by atomic mass is 9.93. The molecule has 4 nitrogen and oxygen atoms in total. The van der Waals surface area contributed by atoms with E-state index in [2.05, 4.69) is 34.8 Å². The second kappa shape index (κ2) is 7.80. The summed E-state index contributed by atoms with van der Waals surface area (Å²) in [4.78, 5) is 11.7. The van der Waals surface area contributed by atoms with Gasteiger partial charge in [-0.3, -0.25) is 4.79 Å². The molecule has 1 aromatic carbocycles. The third-order valence-electron chi connectivity index (χ3n) is 3.73. The minimum atomic E-state index is -0.0916. The Hall–Kier alpha value is -1.68. The molecule has 1 aliphatic heterocycles. The van der Waals surface area contributed by atoms with Crippen molar-refractivity contribution in [3.63, 3.8) is 0 Å². The van der Waals surface area contributed by atoms with Crippen molar-refractivity contribution in [2.24, 2.45) is 10.8 Å². The van der Waals surface area contributed by atoms with Crippen LogP contribution < -0.4 is 11.2 Å². The van der Waals surface area contributed by atoms with Crippen LogP contribution in [0.5, 0.6) is 0 Å². The summed E-state index contributed by atoms with van der Waals surface area (Å²) in [6.07, 6.45) is 8.33. The molecule has 1 amide bonds. The van der Waals surface area contributed by atoms with Crippen molar-refractivity contribution >= 4 is 12.1 Å². The second-order valence-electron chi connectivity index (χ2n) is 5.27. The van der Waals surface area contributed by atoms with Crippen molar-refractivity contribution in [2.75, 3.05) is 6.54 Å². The SMILES string of the molecule is NCCCCCCc1ccc(C2CC=NNC2=O)cc1. The number of carbonyl (C=O) groups is 1. The Morgan fingerprint density at radius 1 is 1.15 bits per heavy atom. The van der Waals surface area contributed by atoms with Crippen molar-refractivity contribution in [1.82, 2.24) is 5.43 Å². The van der Waals surface area contributed by atoms with Crippen LogP contribution in [0.3, 0.4) is 0 Å². The lowest BCUT2D eigenvalue weighted by Gasteiger charge is -2.17. The Labute approximate surface area is 120 Å². The van der Waals surface area contributed by atoms with Crippen molar-refractivity contribution < 1.29 is 4.79 Å². The number of nitrogens with zero attached hydrogens (tertiary/aromatic N) is 1. The first-order valence-corrected chi connectivity index (χ1v) is 7.41. The average molecular weight is 273 g/mol. The molecule has 108 valence electrons. The number of hydrogen-bond acceptors (Lipinski definition) is 3. The van der Waals surface area contributed by atoms with Crippen LogP contribution in [-0.2, 0) is 11.2 Å². The molecule has 0 bridgehead atoms. The highest BCUT2D eigenvalue weighted by Crippen LogP contribution is 2.22. The fourth-order valence-electron chi connectivity index (χ4n) is 2.48. The highest BCUT2D eigenvalue weighted by molar-refractivity contribution is 5.89. The molecule has 1 atom stereocenters. The number of nitrogens with two attached hydrogens (primary N) is 1. The van der Waals surface area contributed by atoms with Gasteiger partial charge in [0.2, 0.25) is 5.91 Å². The maximum atomic E-state index is 11.7. The molecule has 0 aromatic heterocycles. The third-order valence-corrected chi connectivity index (χ3v) is 3.73. The minimum absolute atomic E-state index is 0.0120. The number of rotatable bonds is 7. The molecule has 0 saturated heterocycles. The lowest BCUT2D eigenvalue weighted by Crippen LogP contribution is -2.29. The molecule has 1 aliphatic rings. The molecule has 1 aromatic rings. The summed E-state index contributed by atoms with van der Waals surface area (Å²) in [5.41, 5.74) is 10.4. The van der Waals surface area contributed by atoms with Crippen LogP contribution in [0.2, 0.25) is 0 Å². The molecule has 4 heteroatoms. The van der Waals surface area contributed by atoms with Crippen molar-refractivity contribution in [3.8, 4) is 0 Å². The largest absolute Gasteiger partial charge is 0.330 e. The van der Waals surface area contributed by atoms with Gasteiger partial charge in [-0.05, 0) is 36.9 Å². The molecule has 0 radical (unpaired) electrons. The van der Waals surface area contributed by atoms with Crippen LogP contribution in [0.4, 0.5) is 0 Å². The molecule has 0 aliphatic carbocycles. The normalized spacial score (nSPS) is 18.1. The standard InChI is InChI=1S/C16H23N3O/c17-11-4-2-1-3-5-13-6-8-14(9-7-13)15-10-12-18-19-16(15)20/h6-9,12,15H,1-5,10-11,17H2,(H,19,20). The number of nitrogens with one attached hydrogen (secondary N) is 1. The van der Waals surface area contributed by atoms with E-state index in [1.54, 1.807) is 6.21 Å². The zero-order valence-electron chi connectivity index (χ0n) is 11.8. The quantitative estimate of drug-likeness (QED) is 0.749. The van der Waals surface area contributed by atoms with Crippen molar-refractivity contribution in [3.05, 3.63) is 35.4 Å². The van der Waals surface area contributed by atoms with Gasteiger partial charge >= 0.3 is 0 Å². The number of amides is 1. The van der Waals surface area contributed by atoms with Gasteiger partial charge < -0.3 is 5.73 Å². The number of aryl methyl sites for hydroxylation is 1. The molecule has 20 heavy (non-hydrogen) atoms. The van der Waals surface area contributed by atoms with E-state index in [1.165, 1.54) is 24.8 Å². The van der Waals surface area contributed by atoms with Crippen LogP contribution in [0.1, 0.15) is 49.1 Å². The lowest BCUT2D eigenvalue weighted by molar-refractivity contribution is -0.122. The molecule has 1 heterocycles. The monoisotopic (exact) mass is 273 g/mol. The molecule has 3 N–H and O–H groups in total. The molecular formula is C16H23N3O. The van der Waals surface area contributed by atoms with Gasteiger partial charge in [0.1, 0.15) is 0 Å². The van der Waals surface area contributed by atoms with E-state index in [-0.39, 0.29) is 11.8 Å². The maximum absolute atomic E-state index is 11.7. The van der Waals surface area contributed by atoms with Gasteiger partial charge in [0.25, 0.3) is 0 Å². The van der Waals surface area contributed by atoms with E-state index >= 15 is 0 Å². The van der Waals surface area contributed by atoms with Gasteiger partial charge in [-0.15, -0.1) is 0 Å². The predicted molar refractivity (Wildman–Crippen MR) is 81.7 cm³/mol. The smallest absolute Gasteiger partial charge is 0.247 e. The van der Waals surface area contributed by atoms with Gasteiger partial charge in [-0.25, -0.2) is 5.43 Å². The average Bonchev–Trinajstić information content (AvgIpc) is 2.48. The first-order valence-electron chi connectivity index (χ1n) is 7.41. The molecule has 0 fully saturated rings. The number of unbranched alkanes of at least 4 members (excludes halogenated alkanes) is 3. The maximum Gasteiger partial charge on any atom is 0.247 e. The summed E-state index contributed by atoms with van der Waals surface area (Å²) in [5, 5.41) is 3.78. The van der Waals surface area contributed by atoms with Crippen LogP contribution in [0, 0.1) is 0 Å². The highest BCUT2D eigenvalue weighted by atomic mass is 16.2. The zero-order chi connectivity index (χ0) is 14.2. The molecule has 0 saturated carbocycles. The van der Waals surface area contributed by atoms with Gasteiger partial charge in [-0.2, -0.15) is 5.10 Å². The number of benzene rings is 1. The number of hydrogen-bond donors (Lipinski definition) is 2. The van der Waals surface area contributed by atoms with E-state index in [9.17, 15) is 4.79 Å². The van der Waals surface area contributed by atoms with E-state index in [0.717, 1.165) is 24.9 Å². The van der Waals surface area contributed by atoms with Gasteiger partial charge in [0.05, 0.1) is 5.92 Å². The Bertz CT molecular complexity index is 453. The van der Waals surface area contributed by atoms with E-state index in [1.807, 2.05) is 0 Å². The molecular weight excluding hydrogens is 250 g/mol. The summed E-state index contributed by atoms with van der Waals surface area (Å²) in [6, 6.07) is 8.41. The van der Waals surface area contributed by atoms with Crippen LogP contribution in [0.25, 0.3) is 0 Å². The second-order valence-corrected chi connectivity index (χ2v) is 5.27. The number of carbonyl (C=O) groups excluding carboxylic acids is 1. The topological polar surface area (TPSA) is 67.5 Å². The molecule has 0 spiro atoms. The van der Waals surface area contributed by atoms with Crippen LogP contribution in [-0.4, -0.2) is 18.7 Å². The fourth-order valence-corrected chi connectivity index (χ4v) is 2.48. The van der Waals surface area contributed by atoms with Gasteiger partial charge in [0, 0.05) is 12.6 Å². The van der Waals surface area contributed by atoms with Crippen molar-refractivity contribution in [2.45, 2.75) is 44.4 Å². The predicted octanol–water partition coefficient (Wildman–Crippen LogP) is 2.34. The Morgan fingerprint density at radius 2 is 1.90 bits per heavy atom. The summed E-state index contributed by atoms with van der Waals surface area (Å²) >= 11 is 0. The summed E-state index contributed by atoms with van der Waals surface area (Å²) in [7, 11) is 0. The van der Waals surface area contributed by atoms with Gasteiger partial charge in [0.15, 0.2) is 0 Å². The Kier molecular flexibility index (Phi) is 5.74. The molecule has 2 rings (SSSR count). The Morgan fingerprint density at radius 3 is 2.60 bits per heavy atom. The van der Waals surface area contributed by atoms with E-state index in [4.69, 9.17) is 5.73 Å². The minimum Gasteiger partial charge on any atom is -0.330 e. The number of hydrazone groups is 1. The summed E-state index contributed by atoms with van der Waals surface area (Å²) in [5.74, 6) is -0.104. The third kappa shape index (κ3) is 4.17. The Balaban J connectivity index is 1.83. The fraction of sp³-hybridized carbons (Fsp3) is 0.500.